The summed E-state index contributed by atoms with van der Waals surface area (Å²) in [6, 6.07) is -0.306. The van der Waals surface area contributed by atoms with Gasteiger partial charge in [0, 0.05) is 0 Å². The largest absolute Gasteiger partial charge is 0.321 e. The molecule has 0 radical (unpaired) electrons. The molecular weight excluding hydrogens is 121 g/mol. The van der Waals surface area contributed by atoms with Gasteiger partial charge in [-0.1, -0.05) is 23.1 Å². The van der Waals surface area contributed by atoms with Crippen molar-refractivity contribution in [1.29, 1.82) is 0 Å². The van der Waals surface area contributed by atoms with Crippen LogP contribution in [0.1, 0.15) is 13.8 Å². The molecule has 0 fully saturated rings. The van der Waals surface area contributed by atoms with Crippen LogP contribution < -0.4 is 5.73 Å². The van der Waals surface area contributed by atoms with Gasteiger partial charge < -0.3 is 5.73 Å². The Bertz CT molecular complexity index is 92.4. The first-order valence-corrected chi connectivity index (χ1v) is 3.18. The zero-order valence-electron chi connectivity index (χ0n) is 5.22. The Hall–Kier alpha value is 0.0600. The minimum absolute atomic E-state index is 0.0139. The van der Waals surface area contributed by atoms with Gasteiger partial charge in [-0.15, -0.1) is 0 Å². The van der Waals surface area contributed by atoms with E-state index in [0.29, 0.717) is 0 Å². The summed E-state index contributed by atoms with van der Waals surface area (Å²) in [5.74, 6) is 0.250. The fourth-order valence-corrected chi connectivity index (χ4v) is 0.713. The van der Waals surface area contributed by atoms with Crippen molar-refractivity contribution in [3.8, 4) is 0 Å². The van der Waals surface area contributed by atoms with Crippen LogP contribution in [-0.4, -0.2) is 11.6 Å². The minimum Gasteiger partial charge on any atom is -0.321 e. The quantitative estimate of drug-likeness (QED) is 0.553. The van der Waals surface area contributed by atoms with Crippen molar-refractivity contribution >= 4 is 14.8 Å². The van der Waals surface area contributed by atoms with Gasteiger partial charge in [0.05, 0.1) is 6.04 Å². The molecule has 0 bridgehead atoms. The summed E-state index contributed by atoms with van der Waals surface area (Å²) in [5.41, 5.74) is 5.38. The standard InChI is InChI=1S/C5H12NOP/c1-3(2)4(6)5(7)8/h3-4H,6,8H2,1-2H3/t4-/m0/s1. The molecule has 2 atom stereocenters. The molecule has 0 saturated carbocycles. The molecule has 0 aromatic heterocycles. The summed E-state index contributed by atoms with van der Waals surface area (Å²) in [6.07, 6.45) is 0. The molecule has 0 aliphatic carbocycles. The predicted molar refractivity (Wildman–Crippen MR) is 37.5 cm³/mol. The summed E-state index contributed by atoms with van der Waals surface area (Å²) in [7, 11) is 2.08. The molecule has 8 heavy (non-hydrogen) atoms. The lowest BCUT2D eigenvalue weighted by molar-refractivity contribution is -0.112. The van der Waals surface area contributed by atoms with E-state index in [4.69, 9.17) is 5.73 Å². The molecule has 2 N–H and O–H groups in total. The van der Waals surface area contributed by atoms with Gasteiger partial charge in [0.1, 0.15) is 0 Å². The van der Waals surface area contributed by atoms with Crippen molar-refractivity contribution in [3.05, 3.63) is 0 Å². The molecule has 0 saturated heterocycles. The number of rotatable bonds is 2. The van der Waals surface area contributed by atoms with Gasteiger partial charge in [-0.3, -0.25) is 4.79 Å². The Morgan fingerprint density at radius 3 is 2.00 bits per heavy atom. The second-order valence-electron chi connectivity index (χ2n) is 2.17. The third kappa shape index (κ3) is 2.39. The Labute approximate surface area is 52.0 Å². The smallest absolute Gasteiger partial charge is 0.165 e. The van der Waals surface area contributed by atoms with Gasteiger partial charge >= 0.3 is 0 Å². The van der Waals surface area contributed by atoms with Gasteiger partial charge in [0.2, 0.25) is 0 Å². The van der Waals surface area contributed by atoms with Gasteiger partial charge in [-0.25, -0.2) is 0 Å². The molecule has 2 nitrogen and oxygen atoms in total. The zero-order valence-corrected chi connectivity index (χ0v) is 6.37. The molecule has 0 aromatic rings. The highest BCUT2D eigenvalue weighted by molar-refractivity contribution is 7.40. The highest BCUT2D eigenvalue weighted by Gasteiger charge is 2.11. The van der Waals surface area contributed by atoms with Crippen molar-refractivity contribution in [2.45, 2.75) is 19.9 Å². The van der Waals surface area contributed by atoms with Crippen LogP contribution in [0.3, 0.4) is 0 Å². The SMILES string of the molecule is CC(C)[C@H](N)C(=O)P. The van der Waals surface area contributed by atoms with E-state index in [9.17, 15) is 4.79 Å². The second kappa shape index (κ2) is 3.16. The molecule has 0 heterocycles. The van der Waals surface area contributed by atoms with E-state index in [1.54, 1.807) is 0 Å². The second-order valence-corrected chi connectivity index (χ2v) is 2.74. The Morgan fingerprint density at radius 1 is 1.62 bits per heavy atom. The maximum absolute atomic E-state index is 10.4. The summed E-state index contributed by atoms with van der Waals surface area (Å²) >= 11 is 0. The van der Waals surface area contributed by atoms with Crippen molar-refractivity contribution in [1.82, 2.24) is 0 Å². The normalized spacial score (nSPS) is 14.1. The number of hydrogen-bond acceptors (Lipinski definition) is 2. The maximum atomic E-state index is 10.4. The number of carbonyl (C=O) groups excluding carboxylic acids is 1. The molecule has 0 rings (SSSR count). The Morgan fingerprint density at radius 2 is 2.00 bits per heavy atom. The Balaban J connectivity index is 3.64. The first-order chi connectivity index (χ1) is 3.55. The van der Waals surface area contributed by atoms with Crippen LogP contribution in [-0.2, 0) is 4.79 Å². The highest BCUT2D eigenvalue weighted by Crippen LogP contribution is 2.02. The molecule has 0 amide bonds. The Kier molecular flexibility index (Phi) is 3.18. The van der Waals surface area contributed by atoms with Crippen LogP contribution in [0.15, 0.2) is 0 Å². The van der Waals surface area contributed by atoms with E-state index in [-0.39, 0.29) is 17.5 Å². The minimum atomic E-state index is -0.306. The molecule has 0 aromatic carbocycles. The van der Waals surface area contributed by atoms with Gasteiger partial charge in [-0.05, 0) is 5.92 Å². The maximum Gasteiger partial charge on any atom is 0.165 e. The number of hydrogen-bond donors (Lipinski definition) is 1. The van der Waals surface area contributed by atoms with Crippen LogP contribution in [0.4, 0.5) is 0 Å². The molecule has 1 unspecified atom stereocenters. The molecule has 0 aliphatic rings. The topological polar surface area (TPSA) is 43.1 Å². The molecule has 3 heteroatoms. The number of nitrogens with two attached hydrogens (primary N) is 1. The van der Waals surface area contributed by atoms with Crippen LogP contribution in [0.2, 0.25) is 0 Å². The monoisotopic (exact) mass is 133 g/mol. The molecule has 0 aliphatic heterocycles. The lowest BCUT2D eigenvalue weighted by atomic mass is 10.1. The third-order valence-corrected chi connectivity index (χ3v) is 1.43. The average molecular weight is 133 g/mol. The van der Waals surface area contributed by atoms with Crippen LogP contribution in [0, 0.1) is 5.92 Å². The summed E-state index contributed by atoms with van der Waals surface area (Å²) in [6.45, 7) is 3.85. The molecular formula is C5H12NOP. The van der Waals surface area contributed by atoms with Gasteiger partial charge in [0.15, 0.2) is 5.52 Å². The van der Waals surface area contributed by atoms with E-state index in [0.717, 1.165) is 0 Å². The third-order valence-electron chi connectivity index (χ3n) is 1.05. The molecule has 48 valence electrons. The van der Waals surface area contributed by atoms with Crippen LogP contribution in [0.25, 0.3) is 0 Å². The van der Waals surface area contributed by atoms with E-state index in [1.807, 2.05) is 13.8 Å². The van der Waals surface area contributed by atoms with Gasteiger partial charge in [-0.2, -0.15) is 0 Å². The first kappa shape index (κ1) is 8.06. The van der Waals surface area contributed by atoms with Crippen LogP contribution >= 0.6 is 9.24 Å². The van der Waals surface area contributed by atoms with Crippen molar-refractivity contribution in [3.63, 3.8) is 0 Å². The lowest BCUT2D eigenvalue weighted by Gasteiger charge is -2.09. The van der Waals surface area contributed by atoms with E-state index in [1.165, 1.54) is 0 Å². The molecule has 0 spiro atoms. The van der Waals surface area contributed by atoms with E-state index < -0.39 is 0 Å². The average Bonchev–Trinajstić information content (AvgIpc) is 1.64. The first-order valence-electron chi connectivity index (χ1n) is 2.60. The fourth-order valence-electron chi connectivity index (χ4n) is 0.329. The lowest BCUT2D eigenvalue weighted by Crippen LogP contribution is -2.31. The van der Waals surface area contributed by atoms with Crippen LogP contribution in [0.5, 0.6) is 0 Å². The van der Waals surface area contributed by atoms with Crippen molar-refractivity contribution in [2.75, 3.05) is 0 Å². The van der Waals surface area contributed by atoms with Crippen molar-refractivity contribution in [2.24, 2.45) is 11.7 Å². The summed E-state index contributed by atoms with van der Waals surface area (Å²) in [4.78, 5) is 10.4. The van der Waals surface area contributed by atoms with Crippen molar-refractivity contribution < 1.29 is 4.79 Å². The fraction of sp³-hybridized carbons (Fsp3) is 0.800. The van der Waals surface area contributed by atoms with E-state index >= 15 is 0 Å². The van der Waals surface area contributed by atoms with Gasteiger partial charge in [0.25, 0.3) is 0 Å². The van der Waals surface area contributed by atoms with E-state index in [2.05, 4.69) is 9.24 Å². The summed E-state index contributed by atoms with van der Waals surface area (Å²) in [5, 5.41) is 0. The predicted octanol–water partition coefficient (Wildman–Crippen LogP) is 0.371. The zero-order chi connectivity index (χ0) is 6.73. The number of carbonyl (C=O) groups is 1. The highest BCUT2D eigenvalue weighted by atomic mass is 31.0. The summed E-state index contributed by atoms with van der Waals surface area (Å²) < 4.78 is 0.